The third-order valence-corrected chi connectivity index (χ3v) is 17.2. The summed E-state index contributed by atoms with van der Waals surface area (Å²) in [6.45, 7) is 3.58. The number of aryl methyl sites for hydroxylation is 2. The number of amides is 6. The quantitative estimate of drug-likeness (QED) is 0.0407. The summed E-state index contributed by atoms with van der Waals surface area (Å²) in [5, 5.41) is 60.8. The van der Waals surface area contributed by atoms with Gasteiger partial charge in [-0.1, -0.05) is 29.8 Å². The van der Waals surface area contributed by atoms with Gasteiger partial charge in [0.1, 0.15) is 30.1 Å². The van der Waals surface area contributed by atoms with Gasteiger partial charge in [0.15, 0.2) is 0 Å². The first-order valence-electron chi connectivity index (χ1n) is 30.8. The van der Waals surface area contributed by atoms with Gasteiger partial charge in [0.25, 0.3) is 11.8 Å². The Kier molecular flexibility index (Phi) is 29.9. The van der Waals surface area contributed by atoms with E-state index in [1.165, 1.54) is 24.0 Å². The summed E-state index contributed by atoms with van der Waals surface area (Å²) >= 11 is 1.28. The molecular formula is C62H87FN12O14S. The fraction of sp³-hybridized carbons (Fsp3) is 0.597. The molecule has 492 valence electrons. The van der Waals surface area contributed by atoms with Gasteiger partial charge in [-0.05, 0) is 94.0 Å². The second-order valence-corrected chi connectivity index (χ2v) is 24.3. The normalized spacial score (nSPS) is 18.3. The van der Waals surface area contributed by atoms with Gasteiger partial charge in [0.2, 0.25) is 23.6 Å². The topological polar surface area (TPSA) is 348 Å². The third kappa shape index (κ3) is 25.0. The monoisotopic (exact) mass is 1270 g/mol. The molecule has 6 amide bonds. The first-order valence-corrected chi connectivity index (χ1v) is 32.0. The number of hydrogen-bond acceptors (Lipinski definition) is 18. The number of carboxylic acid groups (broad SMARTS) is 3. The minimum absolute atomic E-state index is 0.0604. The maximum atomic E-state index is 13.9. The van der Waals surface area contributed by atoms with Gasteiger partial charge in [-0.2, -0.15) is 17.0 Å². The van der Waals surface area contributed by atoms with Crippen molar-refractivity contribution >= 4 is 76.0 Å². The fourth-order valence-electron chi connectivity index (χ4n) is 11.1. The van der Waals surface area contributed by atoms with E-state index in [-0.39, 0.29) is 134 Å². The number of benzene rings is 2. The van der Waals surface area contributed by atoms with Crippen LogP contribution in [0.3, 0.4) is 0 Å². The highest BCUT2D eigenvalue weighted by Crippen LogP contribution is 2.26. The number of aliphatic hydroxyl groups excluding tert-OH is 1. The second-order valence-electron chi connectivity index (χ2n) is 23.1. The molecule has 0 bridgehead atoms. The van der Waals surface area contributed by atoms with Crippen LogP contribution < -0.4 is 26.0 Å². The van der Waals surface area contributed by atoms with E-state index in [0.29, 0.717) is 67.3 Å². The summed E-state index contributed by atoms with van der Waals surface area (Å²) in [4.78, 5) is 129. The molecule has 26 nitrogen and oxygen atoms in total. The first kappa shape index (κ1) is 71.5. The lowest BCUT2D eigenvalue weighted by Gasteiger charge is -2.33. The Morgan fingerprint density at radius 2 is 1.38 bits per heavy atom. The van der Waals surface area contributed by atoms with Crippen LogP contribution in [-0.4, -0.2) is 268 Å². The van der Waals surface area contributed by atoms with Crippen molar-refractivity contribution in [1.29, 1.82) is 5.26 Å². The summed E-state index contributed by atoms with van der Waals surface area (Å²) in [7, 11) is 0. The molecule has 4 atom stereocenters. The Morgan fingerprint density at radius 1 is 0.756 bits per heavy atom. The number of piperidine rings is 1. The van der Waals surface area contributed by atoms with Crippen molar-refractivity contribution in [2.45, 2.75) is 95.5 Å². The zero-order valence-corrected chi connectivity index (χ0v) is 52.1. The lowest BCUT2D eigenvalue weighted by atomic mass is 9.92. The van der Waals surface area contributed by atoms with Crippen molar-refractivity contribution in [1.82, 2.24) is 55.7 Å². The minimum Gasteiger partial charge on any atom is -0.494 e. The number of thioether (sulfide) groups is 1. The summed E-state index contributed by atoms with van der Waals surface area (Å²) in [5.74, 6) is -4.56. The number of carbonyl (C=O) groups excluding carboxylic acids is 6. The first-order chi connectivity index (χ1) is 43.2. The van der Waals surface area contributed by atoms with E-state index in [0.717, 1.165) is 48.1 Å². The molecule has 3 aromatic rings. The third-order valence-electron chi connectivity index (χ3n) is 16.1. The van der Waals surface area contributed by atoms with E-state index in [1.54, 1.807) is 42.7 Å². The van der Waals surface area contributed by atoms with Gasteiger partial charge in [-0.15, -0.1) is 0 Å². The Hall–Kier alpha value is -7.55. The second kappa shape index (κ2) is 37.6. The Labute approximate surface area is 528 Å². The van der Waals surface area contributed by atoms with E-state index < -0.39 is 72.4 Å². The number of pyridine rings is 1. The number of aliphatic hydroxyl groups is 1. The Morgan fingerprint density at radius 3 is 1.99 bits per heavy atom. The standard InChI is InChI=1S/C62H87FN12O14S/c1-43-9-11-44(12-10-43)5-2-8-54(77)66-18-3-7-52(69-55(78)38-70-23-25-71(39-57(80)81)27-29-73(41-59(84)85)30-28-72(26-24-70)40-58(82)83)61(87)67-20-32-90-42-53(76)62(88)74-21-16-45(17-22-74)6-4-31-89-48-13-14-51-50(34-48)49(15-19-65-51)60(86)68-36-56(79)75-37-46(63)33-47(75)35-64/h9-15,19,34,45-47,52-53,76H,2-8,16-18,20-33,36-42H2,1H3,(H,66,77)(H,67,87)(H,68,86)(H,69,78)(H,80,81)(H,82,83)(H,84,85)/t46?,47-,52?,53-/m1/s1. The number of aromatic nitrogens is 1. The summed E-state index contributed by atoms with van der Waals surface area (Å²) in [5.41, 5.74) is 3.10. The number of hydrogen-bond donors (Lipinski definition) is 8. The van der Waals surface area contributed by atoms with Gasteiger partial charge in [0.05, 0.1) is 63.0 Å². The molecule has 3 saturated heterocycles. The molecule has 2 unspecified atom stereocenters. The molecule has 0 spiro atoms. The molecule has 90 heavy (non-hydrogen) atoms. The maximum absolute atomic E-state index is 13.9. The number of nitrogens with one attached hydrogen (secondary N) is 4. The maximum Gasteiger partial charge on any atom is 0.317 e. The van der Waals surface area contributed by atoms with Crippen LogP contribution >= 0.6 is 11.8 Å². The average molecular weight is 1280 g/mol. The number of rotatable bonds is 32. The number of halogens is 1. The largest absolute Gasteiger partial charge is 0.494 e. The van der Waals surface area contributed by atoms with Crippen LogP contribution in [-0.2, 0) is 44.8 Å². The SMILES string of the molecule is Cc1ccc(CCCC(=O)NCCCC(NC(=O)CN2CCN(CC(=O)O)CCN(CC(=O)O)CCN(CC(=O)O)CC2)C(=O)NCCSC[C@@H](O)C(=O)N2CCC(CCCOc3ccc4nccc(C(=O)NCC(=O)N5CC(F)C[C@@H]5C#N)c4c3)CC2)cc1. The number of likely N-dealkylation sites (tertiary alicyclic amines) is 2. The van der Waals surface area contributed by atoms with Crippen LogP contribution in [0.1, 0.15) is 79.3 Å². The molecule has 3 aliphatic rings. The number of nitriles is 1. The molecule has 0 radical (unpaired) electrons. The number of carbonyl (C=O) groups is 9. The molecule has 1 aromatic heterocycles. The molecule has 0 saturated carbocycles. The van der Waals surface area contributed by atoms with Crippen LogP contribution in [0.5, 0.6) is 5.75 Å². The molecule has 6 rings (SSSR count). The number of aliphatic carboxylic acids is 3. The van der Waals surface area contributed by atoms with Crippen molar-refractivity contribution < 1.29 is 72.7 Å². The molecule has 4 heterocycles. The predicted octanol–water partition coefficient (Wildman–Crippen LogP) is 1.22. The molecule has 3 fully saturated rings. The van der Waals surface area contributed by atoms with Gasteiger partial charge in [-0.3, -0.25) is 67.7 Å². The Bertz CT molecular complexity index is 2900. The number of alkyl halides is 1. The molecule has 28 heteroatoms. The van der Waals surface area contributed by atoms with E-state index in [2.05, 4.69) is 26.3 Å². The molecule has 3 aliphatic heterocycles. The highest BCUT2D eigenvalue weighted by Gasteiger charge is 2.36. The predicted molar refractivity (Wildman–Crippen MR) is 332 cm³/mol. The molecule has 8 N–H and O–H groups in total. The Balaban J connectivity index is 0.935. The summed E-state index contributed by atoms with van der Waals surface area (Å²) in [6.07, 6.45) is 4.12. The number of ether oxygens (including phenoxy) is 1. The van der Waals surface area contributed by atoms with Crippen molar-refractivity contribution in [2.75, 3.05) is 136 Å². The lowest BCUT2D eigenvalue weighted by Crippen LogP contribution is -2.52. The van der Waals surface area contributed by atoms with E-state index in [4.69, 9.17) is 4.74 Å². The summed E-state index contributed by atoms with van der Waals surface area (Å²) < 4.78 is 20.0. The van der Waals surface area contributed by atoms with Crippen LogP contribution in [0.2, 0.25) is 0 Å². The van der Waals surface area contributed by atoms with Crippen LogP contribution in [0, 0.1) is 24.2 Å². The smallest absolute Gasteiger partial charge is 0.317 e. The van der Waals surface area contributed by atoms with Crippen molar-refractivity contribution in [3.63, 3.8) is 0 Å². The molecule has 0 aliphatic carbocycles. The summed E-state index contributed by atoms with van der Waals surface area (Å²) in [6, 6.07) is 14.9. The minimum atomic E-state index is -1.29. The molecular weight excluding hydrogens is 1190 g/mol. The average Bonchev–Trinajstić information content (AvgIpc) is 1.96. The molecule has 2 aromatic carbocycles. The number of carboxylic acids is 3. The fourth-order valence-corrected chi connectivity index (χ4v) is 11.9. The van der Waals surface area contributed by atoms with Crippen molar-refractivity contribution in [3.8, 4) is 11.8 Å². The van der Waals surface area contributed by atoms with E-state index in [9.17, 15) is 73.2 Å². The van der Waals surface area contributed by atoms with E-state index in [1.807, 2.05) is 37.3 Å². The van der Waals surface area contributed by atoms with E-state index >= 15 is 0 Å². The highest BCUT2D eigenvalue weighted by atomic mass is 32.2. The van der Waals surface area contributed by atoms with Gasteiger partial charge >= 0.3 is 17.9 Å². The lowest BCUT2D eigenvalue weighted by molar-refractivity contribution is -0.140. The number of nitrogens with zero attached hydrogens (tertiary/aromatic N) is 8. The number of fused-ring (bicyclic) bond motifs is 1. The van der Waals surface area contributed by atoms with Crippen molar-refractivity contribution in [3.05, 3.63) is 71.4 Å². The van der Waals surface area contributed by atoms with Crippen LogP contribution in [0.4, 0.5) is 4.39 Å². The van der Waals surface area contributed by atoms with Crippen molar-refractivity contribution in [2.24, 2.45) is 5.92 Å². The van der Waals surface area contributed by atoms with Crippen LogP contribution in [0.15, 0.2) is 54.7 Å². The van der Waals surface area contributed by atoms with Gasteiger partial charge < -0.3 is 56.2 Å². The highest BCUT2D eigenvalue weighted by molar-refractivity contribution is 7.99. The van der Waals surface area contributed by atoms with Gasteiger partial charge in [-0.25, -0.2) is 4.39 Å². The zero-order valence-electron chi connectivity index (χ0n) is 51.2. The zero-order chi connectivity index (χ0) is 65.0. The van der Waals surface area contributed by atoms with Gasteiger partial charge in [0, 0.05) is 114 Å². The van der Waals surface area contributed by atoms with Crippen LogP contribution in [0.25, 0.3) is 10.9 Å².